The summed E-state index contributed by atoms with van der Waals surface area (Å²) in [6.45, 7) is 18.0. The number of rotatable bonds is 21. The van der Waals surface area contributed by atoms with Crippen molar-refractivity contribution in [2.75, 3.05) is 63.3 Å². The predicted molar refractivity (Wildman–Crippen MR) is 527 cm³/mol. The molecule has 4 amide bonds. The number of hydrogen-bond donors (Lipinski definition) is 11. The zero-order valence-electron chi connectivity index (χ0n) is 77.2. The molecular formula is C96H102Br3F4LiN14O22S. The fourth-order valence-electron chi connectivity index (χ4n) is 14.4. The third-order valence-corrected chi connectivity index (χ3v) is 22.7. The molecule has 0 radical (unpaired) electrons. The molecule has 45 heteroatoms. The van der Waals surface area contributed by atoms with Crippen molar-refractivity contribution in [2.45, 2.75) is 114 Å². The van der Waals surface area contributed by atoms with Gasteiger partial charge in [-0.05, 0) is 236 Å². The Morgan fingerprint density at radius 3 is 1.21 bits per heavy atom. The molecular weight excluding hydrogens is 2060 g/mol. The Bertz CT molecular complexity index is 6940. The molecule has 3 unspecified atom stereocenters. The average Bonchev–Trinajstić information content (AvgIpc) is 1.58. The van der Waals surface area contributed by atoms with Crippen LogP contribution in [-0.4, -0.2) is 135 Å². The van der Waals surface area contributed by atoms with Crippen LogP contribution in [0.4, 0.5) is 46.3 Å². The van der Waals surface area contributed by atoms with Gasteiger partial charge in [-0.15, -0.1) is 0 Å². The molecule has 744 valence electrons. The number of nitrogens with zero attached hydrogens (tertiary/aromatic N) is 5. The SMILES string of the molecule is C.C.CC(=O)c1cccc(F)c1.CCOC(=O)c1cnc(NCc2ccc(OC)cc2OC)cc1N.CCOC(=O)c1cnc(NCc2ccc(OC)cc2OC)cc1Nc1cc(C)c2n(c1=O)C(C)(c1cccc(F)c1)NC2=O.Cc1cc(Br)c(=O)[nH]c1C(N)=O.Cc1cc(Br)c(=O)n2c1C(=O)NC2(C)c1cccc(F)c1.Cc1cc(Br)c(=O)n2c1C(=O)NC2(C)c1cccc(F)c1.O=S(=O)(O)O.[Li+].[OH-]. The fourth-order valence-corrected chi connectivity index (χ4v) is 15.9. The number of nitrogens with two attached hydrogens (primary N) is 2. The maximum atomic E-state index is 14.2. The molecule has 12 aromatic rings. The van der Waals surface area contributed by atoms with Crippen molar-refractivity contribution in [3.8, 4) is 23.0 Å². The van der Waals surface area contributed by atoms with Gasteiger partial charge in [-0.1, -0.05) is 63.4 Å². The number of fused-ring (bicyclic) bond motifs is 3. The van der Waals surface area contributed by atoms with Gasteiger partial charge in [0.15, 0.2) is 5.78 Å². The Hall–Kier alpha value is -14.1. The van der Waals surface area contributed by atoms with Gasteiger partial charge in [0.2, 0.25) is 0 Å². The first-order valence-corrected chi connectivity index (χ1v) is 44.7. The summed E-state index contributed by atoms with van der Waals surface area (Å²) in [5.74, 6) is -1.07. The molecule has 36 nitrogen and oxygen atoms in total. The van der Waals surface area contributed by atoms with Crippen LogP contribution in [-0.2, 0) is 50.0 Å². The Kier molecular flexibility index (Phi) is 42.2. The average molecular weight is 2160 g/mol. The maximum absolute atomic E-state index is 14.2. The van der Waals surface area contributed by atoms with Crippen LogP contribution in [0.15, 0.2) is 215 Å². The molecule has 141 heavy (non-hydrogen) atoms. The van der Waals surface area contributed by atoms with E-state index in [1.807, 2.05) is 30.3 Å². The first-order chi connectivity index (χ1) is 64.6. The van der Waals surface area contributed by atoms with Crippen LogP contribution >= 0.6 is 47.8 Å². The second-order valence-corrected chi connectivity index (χ2v) is 33.9. The number of methoxy groups -OCH3 is 4. The number of hydrogen-bond acceptors (Lipinski definition) is 26. The topological polar surface area (TPSA) is 528 Å². The van der Waals surface area contributed by atoms with Crippen LogP contribution in [0.2, 0.25) is 0 Å². The van der Waals surface area contributed by atoms with Gasteiger partial charge in [0.05, 0.1) is 66.4 Å². The van der Waals surface area contributed by atoms with Gasteiger partial charge in [-0.2, -0.15) is 8.42 Å². The Balaban J connectivity index is 0.000000312. The smallest absolute Gasteiger partial charge is 0.870 e. The Morgan fingerprint density at radius 2 is 0.851 bits per heavy atom. The third kappa shape index (κ3) is 28.4. The summed E-state index contributed by atoms with van der Waals surface area (Å²) in [6, 6.07) is 43.6. The second-order valence-electron chi connectivity index (χ2n) is 30.5. The third-order valence-electron chi connectivity index (χ3n) is 21.0. The summed E-state index contributed by atoms with van der Waals surface area (Å²) in [5, 5.41) is 17.8. The molecule has 6 aromatic carbocycles. The number of carbonyl (C=O) groups is 7. The minimum Gasteiger partial charge on any atom is -0.870 e. The largest absolute Gasteiger partial charge is 1.00 e. The van der Waals surface area contributed by atoms with E-state index in [1.54, 1.807) is 164 Å². The number of aromatic nitrogens is 6. The molecule has 14 N–H and O–H groups in total. The van der Waals surface area contributed by atoms with Crippen molar-refractivity contribution < 1.29 is 121 Å². The summed E-state index contributed by atoms with van der Waals surface area (Å²) in [6.07, 6.45) is 2.76. The number of nitrogens with one attached hydrogen (secondary N) is 7. The minimum absolute atomic E-state index is 0. The monoisotopic (exact) mass is 2150 g/mol. The quantitative estimate of drug-likeness (QED) is 0.0105. The molecule has 0 spiro atoms. The number of anilines is 5. The molecule has 0 saturated carbocycles. The van der Waals surface area contributed by atoms with E-state index in [0.717, 1.165) is 16.9 Å². The summed E-state index contributed by atoms with van der Waals surface area (Å²) >= 11 is 9.46. The number of pyridine rings is 6. The molecule has 0 fully saturated rings. The minimum atomic E-state index is -4.67. The van der Waals surface area contributed by atoms with Crippen LogP contribution < -0.4 is 103 Å². The molecule has 0 aliphatic carbocycles. The molecule has 0 bridgehead atoms. The zero-order chi connectivity index (χ0) is 101. The van der Waals surface area contributed by atoms with Gasteiger partial charge in [0.25, 0.3) is 45.9 Å². The van der Waals surface area contributed by atoms with Gasteiger partial charge in [0.1, 0.15) is 114 Å². The molecule has 15 rings (SSSR count). The van der Waals surface area contributed by atoms with E-state index in [4.69, 9.17) is 57.4 Å². The maximum Gasteiger partial charge on any atom is 1.00 e. The van der Waals surface area contributed by atoms with Crippen molar-refractivity contribution in [1.82, 2.24) is 44.6 Å². The Morgan fingerprint density at radius 1 is 0.489 bits per heavy atom. The Labute approximate surface area is 844 Å². The summed E-state index contributed by atoms with van der Waals surface area (Å²) < 4.78 is 122. The number of primary amides is 1. The molecule has 3 aliphatic rings. The van der Waals surface area contributed by atoms with Crippen LogP contribution in [0.5, 0.6) is 23.0 Å². The van der Waals surface area contributed by atoms with E-state index in [-0.39, 0.29) is 126 Å². The van der Waals surface area contributed by atoms with E-state index >= 15 is 0 Å². The number of carbonyl (C=O) groups excluding carboxylic acids is 7. The summed E-state index contributed by atoms with van der Waals surface area (Å²) in [4.78, 5) is 144. The number of H-pyrrole nitrogens is 1. The molecule has 3 atom stereocenters. The number of nitrogen functional groups attached to an aromatic ring is 1. The number of aromatic amines is 1. The number of aryl methyl sites for hydroxylation is 4. The fraction of sp³-hybridized carbons (Fsp3) is 0.240. The summed E-state index contributed by atoms with van der Waals surface area (Å²) in [5.41, 5.74) is 13.8. The number of ketones is 1. The molecule has 9 heterocycles. The van der Waals surface area contributed by atoms with Gasteiger partial charge in [-0.25, -0.2) is 37.1 Å². The molecule has 6 aromatic heterocycles. The van der Waals surface area contributed by atoms with E-state index in [0.29, 0.717) is 117 Å². The van der Waals surface area contributed by atoms with Crippen molar-refractivity contribution in [2.24, 2.45) is 5.73 Å². The van der Waals surface area contributed by atoms with Gasteiger partial charge < -0.3 is 82.2 Å². The number of amides is 4. The van der Waals surface area contributed by atoms with E-state index in [2.05, 4.69) is 94.6 Å². The van der Waals surface area contributed by atoms with E-state index < -0.39 is 74.2 Å². The van der Waals surface area contributed by atoms with Crippen molar-refractivity contribution in [1.29, 1.82) is 0 Å². The number of esters is 2. The summed E-state index contributed by atoms with van der Waals surface area (Å²) in [7, 11) is 1.67. The second kappa shape index (κ2) is 50.7. The number of benzene rings is 6. The zero-order valence-corrected chi connectivity index (χ0v) is 82.8. The number of halogens is 7. The van der Waals surface area contributed by atoms with Gasteiger partial charge in [0, 0.05) is 83.1 Å². The molecule has 0 saturated heterocycles. The van der Waals surface area contributed by atoms with Crippen molar-refractivity contribution in [3.05, 3.63) is 350 Å². The predicted octanol–water partition coefficient (Wildman–Crippen LogP) is 12.2. The van der Waals surface area contributed by atoms with Crippen LogP contribution in [0.25, 0.3) is 0 Å². The van der Waals surface area contributed by atoms with Crippen LogP contribution in [0.3, 0.4) is 0 Å². The van der Waals surface area contributed by atoms with Gasteiger partial charge in [-0.3, -0.25) is 66.0 Å². The van der Waals surface area contributed by atoms with Gasteiger partial charge >= 0.3 is 41.2 Å². The normalized spacial score (nSPS) is 14.4. The van der Waals surface area contributed by atoms with E-state index in [1.165, 1.54) is 99.7 Å². The number of Topliss-reactive ketones (excluding diaryl/α,β-unsaturated/α-hetero) is 1. The van der Waals surface area contributed by atoms with Crippen molar-refractivity contribution >= 4 is 128 Å². The van der Waals surface area contributed by atoms with Crippen LogP contribution in [0, 0.1) is 51.0 Å². The van der Waals surface area contributed by atoms with E-state index in [9.17, 15) is 70.3 Å². The van der Waals surface area contributed by atoms with Crippen molar-refractivity contribution in [3.63, 3.8) is 0 Å². The first-order valence-electron chi connectivity index (χ1n) is 40.9. The first kappa shape index (κ1) is 117. The molecule has 3 aliphatic heterocycles. The standard InChI is InChI=1S/C32H32FN5O6.C17H21N3O4.2C15H12BrFN2O2.C8H7FO.C7H7BrN2O2.2CH4.Li.H2O4S.H2O/c1-6-44-31(41)23-17-35-27(34-16-19-10-11-22(42-4)14-26(19)43-5)15-24(23)36-25-12-18(2)28-29(39)37-32(3,38(28)30(25)40)20-8-7-9-21(33)13-20;1-4-24-17(21)13-10-20-16(8-14(13)18)19-9-11-5-6-12(22-2)7-15(11)23-3;2*1-8-6-11(16)14(21)19-12(8)13(20)18-15(19,2)9-4-3-5-10(17)7-9;1-6(10)7-3-2-4-8(9)5-7;1-3-2-4(8)7(12)10-5(3)6(9)11;;;;1-5(2,3)4;/h7-15,17H,6,16H2,1-5H3,(H,37,39)(H2,34,35,36);5-8,10H,4,9H2,1-3H3,(H3,18,19,20);2*3-7H,1-2H3,(H,18,20);2-5H,1H3;2H,1H3,(H2,9,11)(H,10,12);2*1H4;;(H2,1,2,3,4);1H2/q;;;;;;;;+1;;/p-1. The van der Waals surface area contributed by atoms with Crippen LogP contribution in [0.1, 0.15) is 179 Å². The number of ether oxygens (including phenoxy) is 6.